The molecule has 1 aliphatic rings. The molecule has 0 aromatic heterocycles. The van der Waals surface area contributed by atoms with E-state index in [-0.39, 0.29) is 12.6 Å². The van der Waals surface area contributed by atoms with E-state index in [1.54, 1.807) is 18.2 Å². The molecule has 0 bridgehead atoms. The van der Waals surface area contributed by atoms with E-state index < -0.39 is 0 Å². The van der Waals surface area contributed by atoms with Gasteiger partial charge in [0.15, 0.2) is 17.3 Å². The zero-order valence-electron chi connectivity index (χ0n) is 13.3. The summed E-state index contributed by atoms with van der Waals surface area (Å²) in [6.45, 7) is 2.90. The highest BCUT2D eigenvalue weighted by Crippen LogP contribution is 2.33. The summed E-state index contributed by atoms with van der Waals surface area (Å²) in [5.74, 6) is 2.02. The van der Waals surface area contributed by atoms with E-state index in [9.17, 15) is 4.79 Å². The van der Waals surface area contributed by atoms with Gasteiger partial charge in [0, 0.05) is 10.0 Å². The smallest absolute Gasteiger partial charge is 0.231 e. The monoisotopic (exact) mass is 388 g/mol. The van der Waals surface area contributed by atoms with E-state index in [2.05, 4.69) is 15.9 Å². The molecule has 124 valence electrons. The van der Waals surface area contributed by atoms with Crippen LogP contribution in [0.15, 0.2) is 46.9 Å². The number of benzene rings is 2. The maximum Gasteiger partial charge on any atom is 0.231 e. The number of ketones is 1. The highest BCUT2D eigenvalue weighted by molar-refractivity contribution is 9.10. The topological polar surface area (TPSA) is 44.8 Å². The zero-order chi connectivity index (χ0) is 16.9. The summed E-state index contributed by atoms with van der Waals surface area (Å²) in [7, 11) is 0. The minimum atomic E-state index is -0.0958. The van der Waals surface area contributed by atoms with Gasteiger partial charge in [-0.3, -0.25) is 4.79 Å². The quantitative estimate of drug-likeness (QED) is 0.523. The van der Waals surface area contributed by atoms with Crippen LogP contribution in [0.1, 0.15) is 29.3 Å². The van der Waals surface area contributed by atoms with Gasteiger partial charge in [0.05, 0.1) is 6.61 Å². The van der Waals surface area contributed by atoms with Crippen molar-refractivity contribution < 1.29 is 19.0 Å². The number of carbonyl (C=O) groups excluding carboxylic acids is 1. The van der Waals surface area contributed by atoms with Gasteiger partial charge in [0.1, 0.15) is 5.75 Å². The fourth-order valence-electron chi connectivity index (χ4n) is 2.28. The summed E-state index contributed by atoms with van der Waals surface area (Å²) < 4.78 is 16.9. The van der Waals surface area contributed by atoms with Gasteiger partial charge < -0.3 is 14.2 Å². The molecule has 0 atom stereocenters. The molecule has 0 aliphatic carbocycles. The third-order valence-electron chi connectivity index (χ3n) is 3.50. The summed E-state index contributed by atoms with van der Waals surface area (Å²) in [5, 5.41) is 0. The molecule has 24 heavy (non-hydrogen) atoms. The second-order valence-electron chi connectivity index (χ2n) is 5.30. The highest BCUT2D eigenvalue weighted by atomic mass is 79.9. The lowest BCUT2D eigenvalue weighted by molar-refractivity contribution is 0.104. The average Bonchev–Trinajstić information content (AvgIpc) is 3.06. The van der Waals surface area contributed by atoms with Gasteiger partial charge in [0.25, 0.3) is 0 Å². The van der Waals surface area contributed by atoms with Crippen LogP contribution in [0.3, 0.4) is 0 Å². The van der Waals surface area contributed by atoms with Crippen molar-refractivity contribution in [2.75, 3.05) is 13.4 Å². The number of carbonyl (C=O) groups is 1. The minimum Gasteiger partial charge on any atom is -0.494 e. The third kappa shape index (κ3) is 3.79. The lowest BCUT2D eigenvalue weighted by Gasteiger charge is -2.07. The summed E-state index contributed by atoms with van der Waals surface area (Å²) in [6.07, 6.45) is 4.22. The molecule has 0 spiro atoms. The van der Waals surface area contributed by atoms with Crippen LogP contribution in [0.4, 0.5) is 0 Å². The molecular formula is C19H17BrO4. The molecule has 0 saturated carbocycles. The Bertz CT molecular complexity index is 783. The van der Waals surface area contributed by atoms with Crippen LogP contribution in [0, 0.1) is 0 Å². The van der Waals surface area contributed by atoms with Crippen LogP contribution in [0.5, 0.6) is 17.2 Å². The summed E-state index contributed by atoms with van der Waals surface area (Å²) in [5.41, 5.74) is 1.45. The van der Waals surface area contributed by atoms with Gasteiger partial charge in [-0.15, -0.1) is 0 Å². The van der Waals surface area contributed by atoms with E-state index in [1.165, 1.54) is 0 Å². The van der Waals surface area contributed by atoms with Gasteiger partial charge in [0.2, 0.25) is 6.79 Å². The summed E-state index contributed by atoms with van der Waals surface area (Å²) >= 11 is 3.42. The lowest BCUT2D eigenvalue weighted by Crippen LogP contribution is -1.99. The van der Waals surface area contributed by atoms with Crippen LogP contribution < -0.4 is 14.2 Å². The zero-order valence-corrected chi connectivity index (χ0v) is 14.8. The Morgan fingerprint density at radius 3 is 2.88 bits per heavy atom. The lowest BCUT2D eigenvalue weighted by atomic mass is 10.1. The molecule has 4 nitrogen and oxygen atoms in total. The number of ether oxygens (including phenoxy) is 3. The van der Waals surface area contributed by atoms with Crippen molar-refractivity contribution in [2.24, 2.45) is 0 Å². The fourth-order valence-corrected chi connectivity index (χ4v) is 2.72. The molecule has 0 unspecified atom stereocenters. The van der Waals surface area contributed by atoms with Crippen molar-refractivity contribution in [3.63, 3.8) is 0 Å². The Kier molecular flexibility index (Phi) is 5.20. The molecular weight excluding hydrogens is 372 g/mol. The van der Waals surface area contributed by atoms with Gasteiger partial charge >= 0.3 is 0 Å². The van der Waals surface area contributed by atoms with E-state index in [1.807, 2.05) is 37.3 Å². The van der Waals surface area contributed by atoms with Crippen LogP contribution in [0.25, 0.3) is 6.08 Å². The van der Waals surface area contributed by atoms with Crippen molar-refractivity contribution in [1.82, 2.24) is 0 Å². The van der Waals surface area contributed by atoms with Crippen molar-refractivity contribution in [1.29, 1.82) is 0 Å². The molecule has 1 heterocycles. The van der Waals surface area contributed by atoms with Crippen LogP contribution in [0.2, 0.25) is 0 Å². The molecule has 1 aliphatic heterocycles. The van der Waals surface area contributed by atoms with E-state index in [0.717, 1.165) is 22.2 Å². The standard InChI is InChI=1S/C19H17BrO4/c1-2-9-22-14-5-6-16(20)15(11-14)17(21)7-3-13-4-8-18-19(10-13)24-12-23-18/h3-8,10-11H,2,9,12H2,1H3/b7-3+. The van der Waals surface area contributed by atoms with E-state index in [4.69, 9.17) is 14.2 Å². The SMILES string of the molecule is CCCOc1ccc(Br)c(C(=O)/C=C/c2ccc3c(c2)OCO3)c1. The average molecular weight is 389 g/mol. The van der Waals surface area contributed by atoms with Gasteiger partial charge in [-0.25, -0.2) is 0 Å². The van der Waals surface area contributed by atoms with Crippen LogP contribution in [-0.4, -0.2) is 19.2 Å². The maximum atomic E-state index is 12.5. The molecule has 0 amide bonds. The normalized spacial score (nSPS) is 12.6. The Balaban J connectivity index is 1.76. The fraction of sp³-hybridized carbons (Fsp3) is 0.211. The maximum absolute atomic E-state index is 12.5. The second kappa shape index (κ2) is 7.53. The van der Waals surface area contributed by atoms with Crippen molar-refractivity contribution in [3.8, 4) is 17.2 Å². The molecule has 0 N–H and O–H groups in total. The highest BCUT2D eigenvalue weighted by Gasteiger charge is 2.13. The van der Waals surface area contributed by atoms with E-state index >= 15 is 0 Å². The number of halogens is 1. The second-order valence-corrected chi connectivity index (χ2v) is 6.15. The van der Waals surface area contributed by atoms with Gasteiger partial charge in [-0.2, -0.15) is 0 Å². The first-order valence-electron chi connectivity index (χ1n) is 7.72. The predicted molar refractivity (Wildman–Crippen MR) is 95.9 cm³/mol. The molecule has 3 rings (SSSR count). The number of rotatable bonds is 6. The minimum absolute atomic E-state index is 0.0958. The van der Waals surface area contributed by atoms with Crippen molar-refractivity contribution in [2.45, 2.75) is 13.3 Å². The largest absolute Gasteiger partial charge is 0.494 e. The predicted octanol–water partition coefficient (Wildman–Crippen LogP) is 4.86. The van der Waals surface area contributed by atoms with Crippen LogP contribution in [-0.2, 0) is 0 Å². The number of hydrogen-bond donors (Lipinski definition) is 0. The molecule has 0 saturated heterocycles. The van der Waals surface area contributed by atoms with E-state index in [0.29, 0.717) is 23.7 Å². The van der Waals surface area contributed by atoms with Crippen molar-refractivity contribution in [3.05, 3.63) is 58.1 Å². The first kappa shape index (κ1) is 16.6. The molecule has 0 fully saturated rings. The first-order valence-corrected chi connectivity index (χ1v) is 8.51. The first-order chi connectivity index (χ1) is 11.7. The number of hydrogen-bond acceptors (Lipinski definition) is 4. The van der Waals surface area contributed by atoms with Gasteiger partial charge in [-0.1, -0.05) is 35.0 Å². The molecule has 0 radical (unpaired) electrons. The summed E-state index contributed by atoms with van der Waals surface area (Å²) in [6, 6.07) is 11.0. The Labute approximate surface area is 149 Å². The van der Waals surface area contributed by atoms with Crippen molar-refractivity contribution >= 4 is 27.8 Å². The Hall–Kier alpha value is -2.27. The number of fused-ring (bicyclic) bond motifs is 1. The Morgan fingerprint density at radius 2 is 2.04 bits per heavy atom. The molecule has 2 aromatic rings. The molecule has 5 heteroatoms. The summed E-state index contributed by atoms with van der Waals surface area (Å²) in [4.78, 5) is 12.5. The van der Waals surface area contributed by atoms with Crippen LogP contribution >= 0.6 is 15.9 Å². The molecule has 2 aromatic carbocycles. The number of allylic oxidation sites excluding steroid dienone is 1. The Morgan fingerprint density at radius 1 is 1.21 bits per heavy atom. The third-order valence-corrected chi connectivity index (χ3v) is 4.19. The van der Waals surface area contributed by atoms with Gasteiger partial charge in [-0.05, 0) is 48.4 Å².